The summed E-state index contributed by atoms with van der Waals surface area (Å²) in [5, 5.41) is 13.9. The molecule has 3 heterocycles. The fraction of sp³-hybridized carbons (Fsp3) is 0.240. The molecule has 3 amide bonds. The van der Waals surface area contributed by atoms with E-state index >= 15 is 0 Å². The van der Waals surface area contributed by atoms with E-state index in [2.05, 4.69) is 15.3 Å². The molecule has 4 rings (SSSR count). The Balaban J connectivity index is 1.70. The summed E-state index contributed by atoms with van der Waals surface area (Å²) >= 11 is 0. The van der Waals surface area contributed by atoms with Crippen molar-refractivity contribution in [3.05, 3.63) is 77.0 Å². The Hall–Kier alpha value is -4.38. The number of carbonyl (C=O) groups excluding carboxylic acids is 3. The van der Waals surface area contributed by atoms with Crippen molar-refractivity contribution >= 4 is 17.7 Å². The molecule has 3 aromatic rings. The van der Waals surface area contributed by atoms with E-state index in [1.807, 2.05) is 0 Å². The lowest BCUT2D eigenvalue weighted by molar-refractivity contribution is -0.123. The van der Waals surface area contributed by atoms with Crippen LogP contribution < -0.4 is 21.5 Å². The average molecular weight is 493 g/mol. The maximum atomic E-state index is 13.5. The van der Waals surface area contributed by atoms with Crippen molar-refractivity contribution in [2.75, 3.05) is 13.2 Å². The molecule has 1 aromatic carbocycles. The SMILES string of the molecule is C[C@](O)(CNC(=O)c1cc(C(N)=O)ccn1)c1cc2c(c(-c3ccc(F)cc3)n1)OC[C@]2(C)C(N)=O. The third-order valence-electron chi connectivity index (χ3n) is 6.16. The van der Waals surface area contributed by atoms with Crippen LogP contribution in [-0.2, 0) is 15.8 Å². The van der Waals surface area contributed by atoms with Crippen LogP contribution in [0.25, 0.3) is 11.3 Å². The van der Waals surface area contributed by atoms with Gasteiger partial charge in [-0.2, -0.15) is 0 Å². The molecule has 0 fully saturated rings. The highest BCUT2D eigenvalue weighted by molar-refractivity contribution is 5.97. The van der Waals surface area contributed by atoms with Crippen LogP contribution in [-0.4, -0.2) is 45.9 Å². The number of carbonyl (C=O) groups is 3. The largest absolute Gasteiger partial charge is 0.489 e. The summed E-state index contributed by atoms with van der Waals surface area (Å²) in [6, 6.07) is 9.63. The normalized spacial score (nSPS) is 18.0. The Morgan fingerprint density at radius 3 is 2.53 bits per heavy atom. The zero-order chi connectivity index (χ0) is 26.3. The Bertz CT molecular complexity index is 1380. The molecule has 0 aliphatic carbocycles. The fourth-order valence-electron chi connectivity index (χ4n) is 3.81. The Morgan fingerprint density at radius 1 is 1.19 bits per heavy atom. The molecule has 0 spiro atoms. The predicted octanol–water partition coefficient (Wildman–Crippen LogP) is 1.15. The van der Waals surface area contributed by atoms with Gasteiger partial charge in [-0.05, 0) is 56.3 Å². The topological polar surface area (TPSA) is 171 Å². The highest BCUT2D eigenvalue weighted by Gasteiger charge is 2.45. The van der Waals surface area contributed by atoms with Gasteiger partial charge in [0.2, 0.25) is 11.8 Å². The number of rotatable bonds is 7. The molecule has 2 atom stereocenters. The van der Waals surface area contributed by atoms with E-state index in [1.54, 1.807) is 6.92 Å². The molecular weight excluding hydrogens is 469 g/mol. The van der Waals surface area contributed by atoms with Gasteiger partial charge in [-0.25, -0.2) is 9.37 Å². The number of aromatic nitrogens is 2. The number of hydrogen-bond donors (Lipinski definition) is 4. The number of halogens is 1. The van der Waals surface area contributed by atoms with Gasteiger partial charge in [0.05, 0.1) is 12.2 Å². The van der Waals surface area contributed by atoms with Crippen LogP contribution in [0.1, 0.15) is 46.0 Å². The van der Waals surface area contributed by atoms with Gasteiger partial charge in [0.25, 0.3) is 5.91 Å². The van der Waals surface area contributed by atoms with E-state index in [0.29, 0.717) is 16.9 Å². The van der Waals surface area contributed by atoms with Gasteiger partial charge in [0.15, 0.2) is 0 Å². The third-order valence-corrected chi connectivity index (χ3v) is 6.16. The maximum absolute atomic E-state index is 13.5. The first-order chi connectivity index (χ1) is 16.9. The molecule has 6 N–H and O–H groups in total. The fourth-order valence-corrected chi connectivity index (χ4v) is 3.81. The minimum absolute atomic E-state index is 0.0300. The highest BCUT2D eigenvalue weighted by atomic mass is 19.1. The number of nitrogens with zero attached hydrogens (tertiary/aromatic N) is 2. The van der Waals surface area contributed by atoms with Gasteiger partial charge < -0.3 is 26.6 Å². The van der Waals surface area contributed by atoms with Crippen LogP contribution in [0.15, 0.2) is 48.7 Å². The molecule has 0 radical (unpaired) electrons. The quantitative estimate of drug-likeness (QED) is 0.382. The highest BCUT2D eigenvalue weighted by Crippen LogP contribution is 2.45. The van der Waals surface area contributed by atoms with E-state index in [1.165, 1.54) is 55.6 Å². The summed E-state index contributed by atoms with van der Waals surface area (Å²) < 4.78 is 19.3. The van der Waals surface area contributed by atoms with Gasteiger partial charge in [-0.15, -0.1) is 0 Å². The van der Waals surface area contributed by atoms with E-state index in [9.17, 15) is 23.9 Å². The molecular formula is C25H24FN5O5. The number of benzene rings is 1. The van der Waals surface area contributed by atoms with Gasteiger partial charge in [0.1, 0.15) is 40.6 Å². The first-order valence-corrected chi connectivity index (χ1v) is 10.9. The number of hydrogen-bond acceptors (Lipinski definition) is 7. The van der Waals surface area contributed by atoms with Crippen molar-refractivity contribution < 1.29 is 28.6 Å². The number of fused-ring (bicyclic) bond motifs is 1. The van der Waals surface area contributed by atoms with Crippen molar-refractivity contribution in [3.63, 3.8) is 0 Å². The van der Waals surface area contributed by atoms with Gasteiger partial charge in [0, 0.05) is 22.9 Å². The number of amides is 3. The van der Waals surface area contributed by atoms with Crippen LogP contribution >= 0.6 is 0 Å². The second-order valence-electron chi connectivity index (χ2n) is 8.98. The first-order valence-electron chi connectivity index (χ1n) is 10.9. The molecule has 0 unspecified atom stereocenters. The number of aliphatic hydroxyl groups is 1. The second-order valence-corrected chi connectivity index (χ2v) is 8.98. The van der Waals surface area contributed by atoms with Crippen LogP contribution in [0.3, 0.4) is 0 Å². The average Bonchev–Trinajstić information content (AvgIpc) is 3.20. The summed E-state index contributed by atoms with van der Waals surface area (Å²) in [4.78, 5) is 44.8. The number of pyridine rings is 2. The summed E-state index contributed by atoms with van der Waals surface area (Å²) in [5.41, 5.74) is 9.37. The molecule has 11 heteroatoms. The summed E-state index contributed by atoms with van der Waals surface area (Å²) in [6.07, 6.45) is 1.27. The smallest absolute Gasteiger partial charge is 0.270 e. The molecule has 2 aromatic heterocycles. The summed E-state index contributed by atoms with van der Waals surface area (Å²) in [5.74, 6) is -2.13. The van der Waals surface area contributed by atoms with Crippen LogP contribution in [0, 0.1) is 5.82 Å². The summed E-state index contributed by atoms with van der Waals surface area (Å²) in [7, 11) is 0. The second kappa shape index (κ2) is 9.00. The first kappa shape index (κ1) is 24.7. The van der Waals surface area contributed by atoms with Crippen LogP contribution in [0.4, 0.5) is 4.39 Å². The van der Waals surface area contributed by atoms with Gasteiger partial charge in [-0.3, -0.25) is 19.4 Å². The molecule has 0 saturated heterocycles. The minimum Gasteiger partial charge on any atom is -0.489 e. The predicted molar refractivity (Wildman–Crippen MR) is 126 cm³/mol. The molecule has 0 saturated carbocycles. The van der Waals surface area contributed by atoms with Crippen molar-refractivity contribution in [2.45, 2.75) is 24.9 Å². The van der Waals surface area contributed by atoms with E-state index < -0.39 is 34.6 Å². The van der Waals surface area contributed by atoms with Gasteiger partial charge in [-0.1, -0.05) is 0 Å². The van der Waals surface area contributed by atoms with Crippen LogP contribution in [0.5, 0.6) is 5.75 Å². The van der Waals surface area contributed by atoms with Crippen molar-refractivity contribution in [2.24, 2.45) is 11.5 Å². The van der Waals surface area contributed by atoms with E-state index in [-0.39, 0.29) is 35.8 Å². The summed E-state index contributed by atoms with van der Waals surface area (Å²) in [6.45, 7) is 2.73. The lowest BCUT2D eigenvalue weighted by Gasteiger charge is -2.26. The van der Waals surface area contributed by atoms with E-state index in [0.717, 1.165) is 0 Å². The van der Waals surface area contributed by atoms with Crippen molar-refractivity contribution in [1.82, 2.24) is 15.3 Å². The minimum atomic E-state index is -1.72. The zero-order valence-electron chi connectivity index (χ0n) is 19.5. The molecule has 36 heavy (non-hydrogen) atoms. The Morgan fingerprint density at radius 2 is 1.89 bits per heavy atom. The zero-order valence-corrected chi connectivity index (χ0v) is 19.5. The van der Waals surface area contributed by atoms with Crippen molar-refractivity contribution in [3.8, 4) is 17.0 Å². The lowest BCUT2D eigenvalue weighted by atomic mass is 9.82. The number of ether oxygens (including phenoxy) is 1. The van der Waals surface area contributed by atoms with Gasteiger partial charge >= 0.3 is 0 Å². The molecule has 186 valence electrons. The van der Waals surface area contributed by atoms with Crippen molar-refractivity contribution in [1.29, 1.82) is 0 Å². The monoisotopic (exact) mass is 493 g/mol. The molecule has 1 aliphatic heterocycles. The Labute approximate surface area is 205 Å². The lowest BCUT2D eigenvalue weighted by Crippen LogP contribution is -2.41. The Kier molecular flexibility index (Phi) is 6.19. The molecule has 0 bridgehead atoms. The number of nitrogens with one attached hydrogen (secondary N) is 1. The standard InChI is InChI=1S/C25H24FN5O5/c1-24(23(28)34)12-36-20-16(24)10-18(31-19(20)13-3-5-15(26)6-4-13)25(2,35)11-30-22(33)17-9-14(21(27)32)7-8-29-17/h3-10,35H,11-12H2,1-2H3,(H2,27,32)(H2,28,34)(H,30,33)/t24-,25-/m0/s1. The maximum Gasteiger partial charge on any atom is 0.270 e. The van der Waals surface area contributed by atoms with E-state index in [4.69, 9.17) is 16.2 Å². The molecule has 10 nitrogen and oxygen atoms in total. The van der Waals surface area contributed by atoms with Crippen LogP contribution in [0.2, 0.25) is 0 Å². The number of nitrogens with two attached hydrogens (primary N) is 2. The number of primary amides is 2. The molecule has 1 aliphatic rings. The third kappa shape index (κ3) is 4.48.